The Morgan fingerprint density at radius 2 is 1.50 bits per heavy atom. The predicted octanol–water partition coefficient (Wildman–Crippen LogP) is 6.28. The quantitative estimate of drug-likeness (QED) is 0.588. The highest BCUT2D eigenvalue weighted by atomic mass is 35.5. The van der Waals surface area contributed by atoms with Crippen molar-refractivity contribution in [1.82, 2.24) is 0 Å². The van der Waals surface area contributed by atoms with Gasteiger partial charge in [-0.3, -0.25) is 0 Å². The van der Waals surface area contributed by atoms with E-state index in [-0.39, 0.29) is 21.2 Å². The lowest BCUT2D eigenvalue weighted by molar-refractivity contribution is -0.138. The van der Waals surface area contributed by atoms with Crippen LogP contribution in [0.1, 0.15) is 5.56 Å². The van der Waals surface area contributed by atoms with Crippen LogP contribution in [0.25, 0.3) is 11.1 Å². The summed E-state index contributed by atoms with van der Waals surface area (Å²) < 4.78 is 67.1. The van der Waals surface area contributed by atoms with Gasteiger partial charge in [0.15, 0.2) is 0 Å². The molecular weight excluding hydrogens is 350 g/mol. The minimum atomic E-state index is -4.68. The predicted molar refractivity (Wildman–Crippen MR) is 73.5 cm³/mol. The Morgan fingerprint density at radius 3 is 2.00 bits per heavy atom. The lowest BCUT2D eigenvalue weighted by Crippen LogP contribution is -2.08. The molecule has 118 valence electrons. The zero-order valence-corrected chi connectivity index (χ0v) is 12.1. The molecule has 2 aromatic rings. The molecule has 0 saturated heterocycles. The molecule has 0 atom stereocenters. The molecule has 0 bridgehead atoms. The number of hydrogen-bond acceptors (Lipinski definition) is 1. The number of rotatable bonds is 3. The van der Waals surface area contributed by atoms with Crippen molar-refractivity contribution < 1.29 is 26.7 Å². The summed E-state index contributed by atoms with van der Waals surface area (Å²) in [4.78, 5) is 0. The van der Waals surface area contributed by atoms with E-state index in [0.29, 0.717) is 6.07 Å². The first kappa shape index (κ1) is 16.8. The first-order chi connectivity index (χ1) is 10.2. The molecule has 0 aromatic heterocycles. The molecule has 0 fully saturated rings. The Bertz CT molecular complexity index is 665. The van der Waals surface area contributed by atoms with Gasteiger partial charge in [-0.2, -0.15) is 22.0 Å². The summed E-state index contributed by atoms with van der Waals surface area (Å²) in [5.74, 6) is -0.608. The van der Waals surface area contributed by atoms with E-state index in [4.69, 9.17) is 23.2 Å². The van der Waals surface area contributed by atoms with E-state index in [1.54, 1.807) is 0 Å². The van der Waals surface area contributed by atoms with Crippen LogP contribution >= 0.6 is 23.2 Å². The van der Waals surface area contributed by atoms with Crippen molar-refractivity contribution in [1.29, 1.82) is 0 Å². The van der Waals surface area contributed by atoms with E-state index < -0.39 is 24.1 Å². The summed E-state index contributed by atoms with van der Waals surface area (Å²) in [6.45, 7) is -3.27. The maximum absolute atomic E-state index is 12.7. The van der Waals surface area contributed by atoms with Crippen LogP contribution in [0.4, 0.5) is 22.0 Å². The summed E-state index contributed by atoms with van der Waals surface area (Å²) in [5, 5.41) is 0.427. The van der Waals surface area contributed by atoms with E-state index in [1.807, 2.05) is 0 Å². The van der Waals surface area contributed by atoms with E-state index in [9.17, 15) is 22.0 Å². The molecule has 0 unspecified atom stereocenters. The Balaban J connectivity index is 2.59. The molecule has 0 heterocycles. The summed E-state index contributed by atoms with van der Waals surface area (Å²) in [6.07, 6.45) is -4.68. The molecule has 8 heteroatoms. The average molecular weight is 357 g/mol. The van der Waals surface area contributed by atoms with Gasteiger partial charge in [-0.05, 0) is 35.9 Å². The fourth-order valence-electron chi connectivity index (χ4n) is 1.84. The normalized spacial score (nSPS) is 11.8. The average Bonchev–Trinajstić information content (AvgIpc) is 2.35. The summed E-state index contributed by atoms with van der Waals surface area (Å²) in [6, 6.07) is 6.48. The smallest absolute Gasteiger partial charge is 0.416 e. The second-order valence-electron chi connectivity index (χ2n) is 4.25. The first-order valence-electron chi connectivity index (χ1n) is 5.79. The second-order valence-corrected chi connectivity index (χ2v) is 5.12. The van der Waals surface area contributed by atoms with Crippen molar-refractivity contribution in [2.75, 3.05) is 0 Å². The van der Waals surface area contributed by atoms with Gasteiger partial charge in [0.25, 0.3) is 0 Å². The van der Waals surface area contributed by atoms with Crippen molar-refractivity contribution in [3.05, 3.63) is 52.0 Å². The van der Waals surface area contributed by atoms with Gasteiger partial charge in [-0.25, -0.2) is 0 Å². The molecule has 0 aliphatic rings. The molecule has 0 radical (unpaired) electrons. The minimum absolute atomic E-state index is 0.0256. The maximum atomic E-state index is 12.7. The number of alkyl halides is 5. The lowest BCUT2D eigenvalue weighted by Gasteiger charge is -2.14. The summed E-state index contributed by atoms with van der Waals surface area (Å²) in [5.41, 5.74) is -0.806. The van der Waals surface area contributed by atoms with Gasteiger partial charge in [0.1, 0.15) is 5.75 Å². The van der Waals surface area contributed by atoms with Gasteiger partial charge < -0.3 is 4.74 Å². The topological polar surface area (TPSA) is 9.23 Å². The SMILES string of the molecule is FC(F)Oc1cc(C(F)(F)F)ccc1-c1cc(Cl)cc(Cl)c1. The molecule has 1 nitrogen and oxygen atoms in total. The van der Waals surface area contributed by atoms with Crippen LogP contribution in [0.15, 0.2) is 36.4 Å². The third-order valence-corrected chi connectivity index (χ3v) is 3.13. The molecular formula is C14H7Cl2F5O. The van der Waals surface area contributed by atoms with Crippen LogP contribution in [0.5, 0.6) is 5.75 Å². The zero-order chi connectivity index (χ0) is 16.5. The van der Waals surface area contributed by atoms with Crippen molar-refractivity contribution in [3.63, 3.8) is 0 Å². The molecule has 0 aliphatic heterocycles. The van der Waals surface area contributed by atoms with Crippen LogP contribution in [0, 0.1) is 0 Å². The van der Waals surface area contributed by atoms with Crippen LogP contribution in [0.3, 0.4) is 0 Å². The standard InChI is InChI=1S/C14H7Cl2F5O/c15-9-3-7(4-10(16)6-9)11-2-1-8(14(19,20)21)5-12(11)22-13(17)18/h1-6,13H. The summed E-state index contributed by atoms with van der Waals surface area (Å²) in [7, 11) is 0. The molecule has 2 aromatic carbocycles. The first-order valence-corrected chi connectivity index (χ1v) is 6.55. The van der Waals surface area contributed by atoms with Crippen molar-refractivity contribution in [3.8, 4) is 16.9 Å². The molecule has 2 rings (SSSR count). The number of ether oxygens (including phenoxy) is 1. The monoisotopic (exact) mass is 356 g/mol. The highest BCUT2D eigenvalue weighted by molar-refractivity contribution is 6.35. The number of halogens is 7. The Kier molecular flexibility index (Phi) is 4.82. The Hall–Kier alpha value is -1.53. The highest BCUT2D eigenvalue weighted by Gasteiger charge is 2.31. The maximum Gasteiger partial charge on any atom is 0.416 e. The van der Waals surface area contributed by atoms with Crippen LogP contribution in [-0.4, -0.2) is 6.61 Å². The molecule has 22 heavy (non-hydrogen) atoms. The molecule has 0 N–H and O–H groups in total. The van der Waals surface area contributed by atoms with E-state index in [2.05, 4.69) is 4.74 Å². The van der Waals surface area contributed by atoms with E-state index >= 15 is 0 Å². The van der Waals surface area contributed by atoms with E-state index in [1.165, 1.54) is 18.2 Å². The largest absolute Gasteiger partial charge is 0.434 e. The minimum Gasteiger partial charge on any atom is -0.434 e. The van der Waals surface area contributed by atoms with Crippen molar-refractivity contribution >= 4 is 23.2 Å². The van der Waals surface area contributed by atoms with Gasteiger partial charge in [-0.15, -0.1) is 0 Å². The fraction of sp³-hybridized carbons (Fsp3) is 0.143. The fourth-order valence-corrected chi connectivity index (χ4v) is 2.37. The lowest BCUT2D eigenvalue weighted by atomic mass is 10.0. The highest BCUT2D eigenvalue weighted by Crippen LogP contribution is 2.39. The van der Waals surface area contributed by atoms with Gasteiger partial charge in [-0.1, -0.05) is 29.3 Å². The molecule has 0 amide bonds. The Morgan fingerprint density at radius 1 is 0.909 bits per heavy atom. The third kappa shape index (κ3) is 4.01. The van der Waals surface area contributed by atoms with Crippen molar-refractivity contribution in [2.24, 2.45) is 0 Å². The van der Waals surface area contributed by atoms with Crippen LogP contribution in [-0.2, 0) is 6.18 Å². The van der Waals surface area contributed by atoms with Gasteiger partial charge in [0, 0.05) is 15.6 Å². The summed E-state index contributed by atoms with van der Waals surface area (Å²) >= 11 is 11.6. The Labute approximate surface area is 132 Å². The van der Waals surface area contributed by atoms with Crippen LogP contribution < -0.4 is 4.74 Å². The van der Waals surface area contributed by atoms with Gasteiger partial charge >= 0.3 is 12.8 Å². The molecule has 0 aliphatic carbocycles. The van der Waals surface area contributed by atoms with Crippen molar-refractivity contribution in [2.45, 2.75) is 12.8 Å². The molecule has 0 spiro atoms. The molecule has 0 saturated carbocycles. The van der Waals surface area contributed by atoms with E-state index in [0.717, 1.165) is 12.1 Å². The number of hydrogen-bond donors (Lipinski definition) is 0. The zero-order valence-electron chi connectivity index (χ0n) is 10.6. The third-order valence-electron chi connectivity index (χ3n) is 2.70. The number of benzene rings is 2. The second kappa shape index (κ2) is 6.30. The van der Waals surface area contributed by atoms with Gasteiger partial charge in [0.05, 0.1) is 5.56 Å². The van der Waals surface area contributed by atoms with Crippen LogP contribution in [0.2, 0.25) is 10.0 Å². The van der Waals surface area contributed by atoms with Gasteiger partial charge in [0.2, 0.25) is 0 Å².